The molecular formula is C33H39N5O8. The predicted octanol–water partition coefficient (Wildman–Crippen LogP) is 4.05. The van der Waals surface area contributed by atoms with Gasteiger partial charge in [0.1, 0.15) is 28.7 Å². The SMILES string of the molecule is CCN(CCNC(=O)OC(C)(C)C)C(=O)Oc1ccc2c(c1)OC(C)(C)C1=CCn3c(=O)n(-c4ccc(C(C)=O)cc4)c(=O)n3C12. The van der Waals surface area contributed by atoms with Gasteiger partial charge >= 0.3 is 23.6 Å². The Morgan fingerprint density at radius 3 is 2.39 bits per heavy atom. The Kier molecular flexibility index (Phi) is 8.45. The van der Waals surface area contributed by atoms with Crippen molar-refractivity contribution in [1.29, 1.82) is 0 Å². The number of allylic oxidation sites excluding steroid dienone is 1. The molecule has 2 amide bonds. The van der Waals surface area contributed by atoms with E-state index in [9.17, 15) is 24.0 Å². The van der Waals surface area contributed by atoms with Crippen LogP contribution in [0, 0.1) is 0 Å². The number of nitrogens with zero attached hydrogens (tertiary/aromatic N) is 4. The molecule has 0 saturated carbocycles. The Hall–Kier alpha value is -5.07. The number of alkyl carbamates (subject to hydrolysis) is 1. The molecule has 2 aromatic carbocycles. The zero-order chi connectivity index (χ0) is 33.6. The van der Waals surface area contributed by atoms with Gasteiger partial charge in [-0.3, -0.25) is 4.79 Å². The van der Waals surface area contributed by atoms with Crippen LogP contribution in [-0.4, -0.2) is 67.6 Å². The number of amides is 2. The summed E-state index contributed by atoms with van der Waals surface area (Å²) in [5.74, 6) is 0.511. The Balaban J connectivity index is 1.41. The molecule has 1 atom stereocenters. The van der Waals surface area contributed by atoms with Gasteiger partial charge in [-0.05, 0) is 90.4 Å². The van der Waals surface area contributed by atoms with Crippen molar-refractivity contribution < 1.29 is 28.6 Å². The van der Waals surface area contributed by atoms with Crippen molar-refractivity contribution in [2.45, 2.75) is 72.3 Å². The fourth-order valence-electron chi connectivity index (χ4n) is 5.66. The van der Waals surface area contributed by atoms with Crippen molar-refractivity contribution in [3.63, 3.8) is 0 Å². The number of carbonyl (C=O) groups excluding carboxylic acids is 3. The maximum atomic E-state index is 13.9. The molecule has 1 unspecified atom stereocenters. The highest BCUT2D eigenvalue weighted by Crippen LogP contribution is 2.47. The highest BCUT2D eigenvalue weighted by molar-refractivity contribution is 5.94. The number of likely N-dealkylation sites (N-methyl/N-ethyl adjacent to an activating group) is 1. The topological polar surface area (TPSA) is 143 Å². The Morgan fingerprint density at radius 2 is 1.76 bits per heavy atom. The molecule has 0 bridgehead atoms. The summed E-state index contributed by atoms with van der Waals surface area (Å²) in [6, 6.07) is 10.6. The van der Waals surface area contributed by atoms with Gasteiger partial charge in [-0.1, -0.05) is 6.08 Å². The largest absolute Gasteiger partial charge is 0.483 e. The number of ketones is 1. The number of aromatic nitrogens is 3. The molecule has 0 aliphatic carbocycles. The van der Waals surface area contributed by atoms with E-state index in [2.05, 4.69) is 5.32 Å². The zero-order valence-electron chi connectivity index (χ0n) is 27.1. The fraction of sp³-hybridized carbons (Fsp3) is 0.424. The first kappa shape index (κ1) is 32.3. The van der Waals surface area contributed by atoms with E-state index in [0.29, 0.717) is 29.1 Å². The maximum Gasteiger partial charge on any atom is 0.415 e. The van der Waals surface area contributed by atoms with E-state index < -0.39 is 40.8 Å². The van der Waals surface area contributed by atoms with Gasteiger partial charge in [-0.15, -0.1) is 0 Å². The van der Waals surface area contributed by atoms with Crippen molar-refractivity contribution in [2.24, 2.45) is 0 Å². The molecule has 5 rings (SSSR count). The molecule has 0 saturated heterocycles. The molecule has 244 valence electrons. The van der Waals surface area contributed by atoms with Crippen LogP contribution in [0.4, 0.5) is 9.59 Å². The number of rotatable bonds is 7. The summed E-state index contributed by atoms with van der Waals surface area (Å²) in [5, 5.41) is 2.63. The standard InChI is InChI=1S/C33H39N5O8/c1-8-35(18-16-34-28(40)46-32(3,4)5)31(43)44-23-13-14-24-26(19-23)45-33(6,7)25-15-17-36-29(41)37(30(42)38(36)27(24)25)22-11-9-21(10-12-22)20(2)39/h9-15,19,27H,8,16-18H2,1-7H3,(H,34,40). The lowest BCUT2D eigenvalue weighted by atomic mass is 9.83. The number of ether oxygens (including phenoxy) is 3. The molecule has 13 nitrogen and oxygen atoms in total. The molecule has 13 heteroatoms. The number of carbonyl (C=O) groups is 3. The van der Waals surface area contributed by atoms with Crippen molar-refractivity contribution in [3.8, 4) is 17.2 Å². The average Bonchev–Trinajstić information content (AvgIpc) is 3.23. The number of hydrogen-bond acceptors (Lipinski definition) is 8. The minimum atomic E-state index is -0.852. The molecule has 1 aromatic heterocycles. The van der Waals surface area contributed by atoms with E-state index in [4.69, 9.17) is 14.2 Å². The Labute approximate surface area is 265 Å². The van der Waals surface area contributed by atoms with E-state index in [1.54, 1.807) is 70.2 Å². The summed E-state index contributed by atoms with van der Waals surface area (Å²) >= 11 is 0. The van der Waals surface area contributed by atoms with Crippen molar-refractivity contribution >= 4 is 18.0 Å². The van der Waals surface area contributed by atoms with Gasteiger partial charge in [0, 0.05) is 36.8 Å². The third-order valence-corrected chi connectivity index (χ3v) is 7.85. The highest BCUT2D eigenvalue weighted by Gasteiger charge is 2.44. The van der Waals surface area contributed by atoms with E-state index in [0.717, 1.165) is 10.1 Å². The molecule has 2 aliphatic rings. The van der Waals surface area contributed by atoms with E-state index in [1.807, 2.05) is 19.9 Å². The van der Waals surface area contributed by atoms with Gasteiger partial charge < -0.3 is 24.4 Å². The van der Waals surface area contributed by atoms with Crippen LogP contribution in [0.2, 0.25) is 0 Å². The summed E-state index contributed by atoms with van der Waals surface area (Å²) in [5.41, 5.74) is -0.266. The zero-order valence-corrected chi connectivity index (χ0v) is 27.1. The maximum absolute atomic E-state index is 13.9. The van der Waals surface area contributed by atoms with Gasteiger partial charge in [0.05, 0.1) is 12.2 Å². The molecule has 3 heterocycles. The minimum Gasteiger partial charge on any atom is -0.483 e. The van der Waals surface area contributed by atoms with Crippen LogP contribution in [0.3, 0.4) is 0 Å². The van der Waals surface area contributed by atoms with E-state index in [1.165, 1.54) is 21.2 Å². The summed E-state index contributed by atoms with van der Waals surface area (Å²) in [7, 11) is 0. The summed E-state index contributed by atoms with van der Waals surface area (Å²) in [6.45, 7) is 13.2. The lowest BCUT2D eigenvalue weighted by Crippen LogP contribution is -2.46. The van der Waals surface area contributed by atoms with E-state index >= 15 is 0 Å². The van der Waals surface area contributed by atoms with Crippen molar-refractivity contribution in [3.05, 3.63) is 86.2 Å². The minimum absolute atomic E-state index is 0.121. The molecule has 0 radical (unpaired) electrons. The van der Waals surface area contributed by atoms with Gasteiger partial charge in [0.2, 0.25) is 0 Å². The predicted molar refractivity (Wildman–Crippen MR) is 169 cm³/mol. The number of benzene rings is 2. The molecule has 3 aromatic rings. The number of nitrogens with one attached hydrogen (secondary N) is 1. The summed E-state index contributed by atoms with van der Waals surface area (Å²) < 4.78 is 21.2. The van der Waals surface area contributed by atoms with Crippen LogP contribution < -0.4 is 26.2 Å². The normalized spacial score (nSPS) is 16.2. The Morgan fingerprint density at radius 1 is 1.07 bits per heavy atom. The smallest absolute Gasteiger partial charge is 0.415 e. The van der Waals surface area contributed by atoms with Gasteiger partial charge in [0.15, 0.2) is 5.78 Å². The number of hydrogen-bond donors (Lipinski definition) is 1. The van der Waals surface area contributed by atoms with Crippen molar-refractivity contribution in [2.75, 3.05) is 19.6 Å². The second kappa shape index (κ2) is 12.0. The number of Topliss-reactive ketones (excluding diaryl/α,β-unsaturated/α-hetero) is 1. The average molecular weight is 634 g/mol. The van der Waals surface area contributed by atoms with Crippen LogP contribution in [0.1, 0.15) is 70.4 Å². The van der Waals surface area contributed by atoms with Crippen LogP contribution in [-0.2, 0) is 11.3 Å². The first-order valence-corrected chi connectivity index (χ1v) is 15.1. The van der Waals surface area contributed by atoms with Gasteiger partial charge in [-0.25, -0.2) is 33.1 Å². The highest BCUT2D eigenvalue weighted by atomic mass is 16.6. The number of fused-ring (bicyclic) bond motifs is 5. The molecular weight excluding hydrogens is 594 g/mol. The molecule has 0 spiro atoms. The van der Waals surface area contributed by atoms with Crippen LogP contribution in [0.15, 0.2) is 63.7 Å². The summed E-state index contributed by atoms with van der Waals surface area (Å²) in [6.07, 6.45) is 0.712. The monoisotopic (exact) mass is 633 g/mol. The molecule has 0 fully saturated rings. The first-order chi connectivity index (χ1) is 21.6. The third-order valence-electron chi connectivity index (χ3n) is 7.85. The molecule has 46 heavy (non-hydrogen) atoms. The lowest BCUT2D eigenvalue weighted by Gasteiger charge is -2.42. The van der Waals surface area contributed by atoms with E-state index in [-0.39, 0.29) is 31.2 Å². The van der Waals surface area contributed by atoms with Crippen LogP contribution >= 0.6 is 0 Å². The van der Waals surface area contributed by atoms with Crippen molar-refractivity contribution in [1.82, 2.24) is 24.1 Å². The second-order valence-corrected chi connectivity index (χ2v) is 12.7. The van der Waals surface area contributed by atoms with Gasteiger partial charge in [-0.2, -0.15) is 0 Å². The third kappa shape index (κ3) is 6.22. The Bertz CT molecular complexity index is 1840. The fourth-order valence-corrected chi connectivity index (χ4v) is 5.66. The van der Waals surface area contributed by atoms with Crippen LogP contribution in [0.5, 0.6) is 11.5 Å². The van der Waals surface area contributed by atoms with Gasteiger partial charge in [0.25, 0.3) is 0 Å². The first-order valence-electron chi connectivity index (χ1n) is 15.1. The second-order valence-electron chi connectivity index (χ2n) is 12.7. The lowest BCUT2D eigenvalue weighted by molar-refractivity contribution is 0.0521. The molecule has 1 N–H and O–H groups in total. The quantitative estimate of drug-likeness (QED) is 0.303. The molecule has 2 aliphatic heterocycles. The van der Waals surface area contributed by atoms with Crippen LogP contribution in [0.25, 0.3) is 5.69 Å². The summed E-state index contributed by atoms with van der Waals surface area (Å²) in [4.78, 5) is 65.6.